The summed E-state index contributed by atoms with van der Waals surface area (Å²) < 4.78 is 4.53. The smallest absolute Gasteiger partial charge is 0.310 e. The van der Waals surface area contributed by atoms with Gasteiger partial charge >= 0.3 is 5.97 Å². The number of carbonyl (C=O) groups excluding carboxylic acids is 2. The minimum atomic E-state index is -0.252. The van der Waals surface area contributed by atoms with Crippen LogP contribution < -0.4 is 0 Å². The Morgan fingerprint density at radius 2 is 2.36 bits per heavy atom. The van der Waals surface area contributed by atoms with Crippen LogP contribution in [0.2, 0.25) is 0 Å². The molecule has 0 aliphatic heterocycles. The normalized spacial score (nSPS) is 38.6. The largest absolute Gasteiger partial charge is 0.469 e. The van der Waals surface area contributed by atoms with Crippen molar-refractivity contribution in [1.29, 1.82) is 0 Å². The summed E-state index contributed by atoms with van der Waals surface area (Å²) in [6.07, 6.45) is 3.35. The second-order valence-electron chi connectivity index (χ2n) is 2.91. The first-order valence-electron chi connectivity index (χ1n) is 3.55. The molecule has 3 nitrogen and oxygen atoms in total. The summed E-state index contributed by atoms with van der Waals surface area (Å²) in [5, 5.41) is 0. The highest BCUT2D eigenvalue weighted by molar-refractivity contribution is 6.02. The number of allylic oxidation sites excluding steroid dienone is 2. The Morgan fingerprint density at radius 1 is 1.64 bits per heavy atom. The standard InChI is InChI=1S/C8H8O3/c1-11-8(10)7-4-2-3-5(9)6(4)7/h2-4,6-7H,1H3/t4-,6-,7+/m0/s1. The average molecular weight is 152 g/mol. The average Bonchev–Trinajstić information content (AvgIpc) is 2.63. The molecular formula is C8H8O3. The number of carbonyl (C=O) groups is 2. The Kier molecular flexibility index (Phi) is 1.16. The number of rotatable bonds is 1. The predicted octanol–water partition coefficient (Wildman–Crippen LogP) is 0.160. The van der Waals surface area contributed by atoms with Gasteiger partial charge in [-0.05, 0) is 6.08 Å². The monoisotopic (exact) mass is 152 g/mol. The molecule has 3 heteroatoms. The third kappa shape index (κ3) is 0.737. The van der Waals surface area contributed by atoms with E-state index in [2.05, 4.69) is 4.74 Å². The fourth-order valence-electron chi connectivity index (χ4n) is 1.70. The molecule has 0 bridgehead atoms. The van der Waals surface area contributed by atoms with Crippen molar-refractivity contribution >= 4 is 11.8 Å². The highest BCUT2D eigenvalue weighted by Gasteiger charge is 2.60. The first-order chi connectivity index (χ1) is 5.25. The van der Waals surface area contributed by atoms with E-state index in [-0.39, 0.29) is 29.5 Å². The fourth-order valence-corrected chi connectivity index (χ4v) is 1.70. The van der Waals surface area contributed by atoms with Gasteiger partial charge in [0.25, 0.3) is 0 Å². The Morgan fingerprint density at radius 3 is 2.82 bits per heavy atom. The van der Waals surface area contributed by atoms with Crippen LogP contribution in [0.25, 0.3) is 0 Å². The number of ketones is 1. The Hall–Kier alpha value is -1.12. The zero-order valence-electron chi connectivity index (χ0n) is 6.11. The van der Waals surface area contributed by atoms with Crippen molar-refractivity contribution in [2.45, 2.75) is 0 Å². The van der Waals surface area contributed by atoms with Gasteiger partial charge in [-0.15, -0.1) is 0 Å². The van der Waals surface area contributed by atoms with Crippen LogP contribution in [0.3, 0.4) is 0 Å². The van der Waals surface area contributed by atoms with Crippen molar-refractivity contribution in [1.82, 2.24) is 0 Å². The van der Waals surface area contributed by atoms with E-state index in [0.29, 0.717) is 0 Å². The number of fused-ring (bicyclic) bond motifs is 1. The van der Waals surface area contributed by atoms with Crippen LogP contribution in [0, 0.1) is 17.8 Å². The van der Waals surface area contributed by atoms with E-state index in [1.165, 1.54) is 7.11 Å². The molecule has 58 valence electrons. The van der Waals surface area contributed by atoms with Crippen LogP contribution in [0.4, 0.5) is 0 Å². The summed E-state index contributed by atoms with van der Waals surface area (Å²) >= 11 is 0. The predicted molar refractivity (Wildman–Crippen MR) is 36.6 cm³/mol. The number of hydrogen-bond donors (Lipinski definition) is 0. The maximum Gasteiger partial charge on any atom is 0.310 e. The van der Waals surface area contributed by atoms with Crippen LogP contribution in [0.15, 0.2) is 12.2 Å². The van der Waals surface area contributed by atoms with Gasteiger partial charge in [-0.2, -0.15) is 0 Å². The SMILES string of the molecule is COC(=O)[C@@H]1[C@H]2C=CC(=O)[C@H]21. The molecule has 1 saturated carbocycles. The molecular weight excluding hydrogens is 144 g/mol. The zero-order chi connectivity index (χ0) is 8.01. The molecule has 0 radical (unpaired) electrons. The summed E-state index contributed by atoms with van der Waals surface area (Å²) in [6, 6.07) is 0. The minimum absolute atomic E-state index is 0.0744. The molecule has 0 unspecified atom stereocenters. The van der Waals surface area contributed by atoms with E-state index >= 15 is 0 Å². The van der Waals surface area contributed by atoms with Crippen molar-refractivity contribution in [3.63, 3.8) is 0 Å². The molecule has 0 aromatic rings. The zero-order valence-corrected chi connectivity index (χ0v) is 6.11. The molecule has 11 heavy (non-hydrogen) atoms. The second-order valence-corrected chi connectivity index (χ2v) is 2.91. The lowest BCUT2D eigenvalue weighted by molar-refractivity contribution is -0.143. The first-order valence-corrected chi connectivity index (χ1v) is 3.55. The van der Waals surface area contributed by atoms with Crippen molar-refractivity contribution in [2.24, 2.45) is 17.8 Å². The molecule has 0 aromatic carbocycles. The maximum atomic E-state index is 11.0. The number of hydrogen-bond acceptors (Lipinski definition) is 3. The quantitative estimate of drug-likeness (QED) is 0.503. The fraction of sp³-hybridized carbons (Fsp3) is 0.500. The molecule has 0 N–H and O–H groups in total. The summed E-state index contributed by atoms with van der Waals surface area (Å²) in [5.41, 5.74) is 0. The van der Waals surface area contributed by atoms with Crippen LogP contribution in [0.5, 0.6) is 0 Å². The third-order valence-corrected chi connectivity index (χ3v) is 2.36. The van der Waals surface area contributed by atoms with E-state index in [9.17, 15) is 9.59 Å². The number of esters is 1. The molecule has 2 aliphatic carbocycles. The van der Waals surface area contributed by atoms with Gasteiger partial charge in [-0.1, -0.05) is 6.08 Å². The van der Waals surface area contributed by atoms with E-state index in [0.717, 1.165) is 0 Å². The lowest BCUT2D eigenvalue weighted by Gasteiger charge is -1.95. The molecule has 2 aliphatic rings. The molecule has 0 spiro atoms. The van der Waals surface area contributed by atoms with E-state index in [1.54, 1.807) is 12.2 Å². The third-order valence-electron chi connectivity index (χ3n) is 2.36. The Labute approximate surface area is 64.0 Å². The van der Waals surface area contributed by atoms with Crippen molar-refractivity contribution < 1.29 is 14.3 Å². The van der Waals surface area contributed by atoms with Crippen LogP contribution >= 0.6 is 0 Å². The Bertz CT molecular complexity index is 254. The van der Waals surface area contributed by atoms with Crippen molar-refractivity contribution in [3.05, 3.63) is 12.2 Å². The van der Waals surface area contributed by atoms with Gasteiger partial charge in [0.05, 0.1) is 13.0 Å². The van der Waals surface area contributed by atoms with Gasteiger partial charge in [-0.25, -0.2) is 0 Å². The molecule has 3 atom stereocenters. The van der Waals surface area contributed by atoms with Gasteiger partial charge in [0.1, 0.15) is 0 Å². The molecule has 1 fully saturated rings. The summed E-state index contributed by atoms with van der Waals surface area (Å²) in [6.45, 7) is 0. The van der Waals surface area contributed by atoms with Gasteiger partial charge < -0.3 is 4.74 Å². The number of ether oxygens (including phenoxy) is 1. The molecule has 0 saturated heterocycles. The topological polar surface area (TPSA) is 43.4 Å². The summed E-state index contributed by atoms with van der Waals surface area (Å²) in [7, 11) is 1.35. The van der Waals surface area contributed by atoms with Crippen LogP contribution in [0.1, 0.15) is 0 Å². The molecule has 0 aromatic heterocycles. The summed E-state index contributed by atoms with van der Waals surface area (Å²) in [4.78, 5) is 21.9. The molecule has 0 heterocycles. The minimum Gasteiger partial charge on any atom is -0.469 e. The van der Waals surface area contributed by atoms with Crippen molar-refractivity contribution in [2.75, 3.05) is 7.11 Å². The maximum absolute atomic E-state index is 11.0. The second kappa shape index (κ2) is 1.94. The van der Waals surface area contributed by atoms with Crippen LogP contribution in [-0.4, -0.2) is 18.9 Å². The van der Waals surface area contributed by atoms with E-state index in [1.807, 2.05) is 0 Å². The first kappa shape index (κ1) is 6.58. The van der Waals surface area contributed by atoms with Gasteiger partial charge in [-0.3, -0.25) is 9.59 Å². The van der Waals surface area contributed by atoms with E-state index in [4.69, 9.17) is 0 Å². The highest BCUT2D eigenvalue weighted by Crippen LogP contribution is 2.52. The van der Waals surface area contributed by atoms with Crippen LogP contribution in [-0.2, 0) is 14.3 Å². The molecule has 2 rings (SSSR count). The van der Waals surface area contributed by atoms with Gasteiger partial charge in [0.2, 0.25) is 0 Å². The lowest BCUT2D eigenvalue weighted by Crippen LogP contribution is -2.09. The van der Waals surface area contributed by atoms with Crippen molar-refractivity contribution in [3.8, 4) is 0 Å². The highest BCUT2D eigenvalue weighted by atomic mass is 16.5. The Balaban J connectivity index is 2.10. The molecule has 0 amide bonds. The van der Waals surface area contributed by atoms with Gasteiger partial charge in [0, 0.05) is 11.8 Å². The van der Waals surface area contributed by atoms with Gasteiger partial charge in [0.15, 0.2) is 5.78 Å². The van der Waals surface area contributed by atoms with E-state index < -0.39 is 0 Å². The summed E-state index contributed by atoms with van der Waals surface area (Å²) in [5.74, 6) is -0.280. The number of methoxy groups -OCH3 is 1. The lowest BCUT2D eigenvalue weighted by atomic mass is 10.2.